The summed E-state index contributed by atoms with van der Waals surface area (Å²) in [6.07, 6.45) is 3.30. The molecule has 0 aromatic carbocycles. The minimum atomic E-state index is -0.389. The van der Waals surface area contributed by atoms with E-state index in [0.717, 1.165) is 12.2 Å². The fourth-order valence-electron chi connectivity index (χ4n) is 0.327. The highest BCUT2D eigenvalue weighted by Crippen LogP contribution is 1.93. The van der Waals surface area contributed by atoms with E-state index in [4.69, 9.17) is 20.5 Å². The van der Waals surface area contributed by atoms with Crippen molar-refractivity contribution in [2.45, 2.75) is 0 Å². The maximum atomic E-state index is 8.60. The zero-order valence-corrected chi connectivity index (χ0v) is 5.60. The molecule has 0 aliphatic carbocycles. The van der Waals surface area contributed by atoms with Crippen LogP contribution in [0.5, 0.6) is 0 Å². The van der Waals surface area contributed by atoms with Crippen molar-refractivity contribution >= 4 is 0 Å². The zero-order valence-electron chi connectivity index (χ0n) is 5.60. The predicted octanol–water partition coefficient (Wildman–Crippen LogP) is 0.878. The van der Waals surface area contributed by atoms with E-state index in [1.165, 1.54) is 0 Å². The lowest BCUT2D eigenvalue weighted by Gasteiger charge is -1.94. The molecule has 0 saturated heterocycles. The molecule has 0 spiro atoms. The summed E-state index contributed by atoms with van der Waals surface area (Å²) in [4.78, 5) is 0. The van der Waals surface area contributed by atoms with Crippen LogP contribution in [0.2, 0.25) is 0 Å². The van der Waals surface area contributed by atoms with Crippen LogP contribution in [-0.4, -0.2) is 20.5 Å². The first-order chi connectivity index (χ1) is 5.24. The molecule has 0 atom stereocenters. The average molecular weight is 159 g/mol. The first-order valence-corrected chi connectivity index (χ1v) is 2.70. The van der Waals surface area contributed by atoms with Gasteiger partial charge in [-0.05, 0) is 12.2 Å². The van der Waals surface area contributed by atoms with Gasteiger partial charge in [0.2, 0.25) is 0 Å². The highest BCUT2D eigenvalue weighted by Gasteiger charge is 1.87. The normalized spacial score (nSPS) is 13.9. The maximum absolute atomic E-state index is 8.60. The van der Waals surface area contributed by atoms with Gasteiger partial charge < -0.3 is 15.3 Å². The molecule has 11 heavy (non-hydrogen) atoms. The van der Waals surface area contributed by atoms with Gasteiger partial charge in [0.25, 0.3) is 0 Å². The molecule has 0 amide bonds. The Kier molecular flexibility index (Phi) is 4.42. The Hall–Kier alpha value is -1.62. The van der Waals surface area contributed by atoms with Crippen molar-refractivity contribution in [1.29, 1.82) is 0 Å². The first kappa shape index (κ1) is 9.38. The Morgan fingerprint density at radius 1 is 1.09 bits per heavy atom. The van der Waals surface area contributed by atoms with Gasteiger partial charge in [-0.2, -0.15) is 0 Å². The maximum Gasteiger partial charge on any atom is 0.149 e. The van der Waals surface area contributed by atoms with E-state index in [0.29, 0.717) is 12.5 Å². The summed E-state index contributed by atoms with van der Waals surface area (Å²) in [5, 5.41) is 33.3. The van der Waals surface area contributed by atoms with Gasteiger partial charge in [0.05, 0.1) is 5.70 Å². The SMILES string of the molecule is O\C=C(O)/C=C/C(=C\O)NO. The summed E-state index contributed by atoms with van der Waals surface area (Å²) in [6, 6.07) is 0. The lowest BCUT2D eigenvalue weighted by molar-refractivity contribution is 0.200. The fraction of sp³-hybridized carbons (Fsp3) is 0. The average Bonchev–Trinajstić information content (AvgIpc) is 2.06. The quantitative estimate of drug-likeness (QED) is 0.239. The molecule has 0 radical (unpaired) electrons. The van der Waals surface area contributed by atoms with Crippen molar-refractivity contribution in [2.24, 2.45) is 0 Å². The van der Waals surface area contributed by atoms with E-state index in [2.05, 4.69) is 0 Å². The van der Waals surface area contributed by atoms with E-state index in [-0.39, 0.29) is 11.5 Å². The molecule has 0 fully saturated rings. The second-order valence-electron chi connectivity index (χ2n) is 1.58. The Labute approximate surface area is 63.2 Å². The number of hydrogen-bond acceptors (Lipinski definition) is 5. The third-order valence-corrected chi connectivity index (χ3v) is 0.834. The van der Waals surface area contributed by atoms with Crippen LogP contribution >= 0.6 is 0 Å². The molecule has 0 aliphatic rings. The number of allylic oxidation sites excluding steroid dienone is 2. The third kappa shape index (κ3) is 3.88. The summed E-state index contributed by atoms with van der Waals surface area (Å²) >= 11 is 0. The van der Waals surface area contributed by atoms with Crippen molar-refractivity contribution in [1.82, 2.24) is 5.48 Å². The number of rotatable bonds is 3. The van der Waals surface area contributed by atoms with Crippen LogP contribution in [0, 0.1) is 0 Å². The molecule has 5 N–H and O–H groups in total. The molecular formula is C6H9NO4. The zero-order chi connectivity index (χ0) is 8.69. The van der Waals surface area contributed by atoms with E-state index in [1.807, 2.05) is 0 Å². The molecule has 0 unspecified atom stereocenters. The van der Waals surface area contributed by atoms with Crippen molar-refractivity contribution < 1.29 is 20.5 Å². The third-order valence-electron chi connectivity index (χ3n) is 0.834. The first-order valence-electron chi connectivity index (χ1n) is 2.70. The Balaban J connectivity index is 4.12. The van der Waals surface area contributed by atoms with E-state index < -0.39 is 0 Å². The molecule has 5 nitrogen and oxygen atoms in total. The Morgan fingerprint density at radius 3 is 2.09 bits per heavy atom. The lowest BCUT2D eigenvalue weighted by atomic mass is 10.4. The molecule has 0 saturated carbocycles. The Bertz CT molecular complexity index is 195. The topological polar surface area (TPSA) is 93.0 Å². The Morgan fingerprint density at radius 2 is 1.73 bits per heavy atom. The van der Waals surface area contributed by atoms with Gasteiger partial charge in [0, 0.05) is 0 Å². The van der Waals surface area contributed by atoms with E-state index >= 15 is 0 Å². The van der Waals surface area contributed by atoms with Gasteiger partial charge in [-0.3, -0.25) is 10.7 Å². The molecule has 0 bridgehead atoms. The van der Waals surface area contributed by atoms with Crippen molar-refractivity contribution in [2.75, 3.05) is 0 Å². The largest absolute Gasteiger partial charge is 0.513 e. The molecule has 62 valence electrons. The van der Waals surface area contributed by atoms with Gasteiger partial charge in [-0.25, -0.2) is 0 Å². The van der Waals surface area contributed by atoms with Gasteiger partial charge in [0.15, 0.2) is 0 Å². The summed E-state index contributed by atoms with van der Waals surface area (Å²) in [5.41, 5.74) is 1.62. The number of nitrogens with one attached hydrogen (secondary N) is 1. The molecule has 0 aliphatic heterocycles. The number of hydrogen-bond donors (Lipinski definition) is 5. The number of hydroxylamine groups is 1. The number of aliphatic hydroxyl groups excluding tert-OH is 3. The van der Waals surface area contributed by atoms with Gasteiger partial charge in [0.1, 0.15) is 18.3 Å². The second kappa shape index (κ2) is 5.19. The molecule has 0 heterocycles. The minimum absolute atomic E-state index is 0.0154. The van der Waals surface area contributed by atoms with Crippen molar-refractivity contribution in [3.05, 3.63) is 36.1 Å². The van der Waals surface area contributed by atoms with Gasteiger partial charge in [-0.15, -0.1) is 0 Å². The van der Waals surface area contributed by atoms with Crippen LogP contribution in [0.4, 0.5) is 0 Å². The van der Waals surface area contributed by atoms with Crippen LogP contribution in [0.25, 0.3) is 0 Å². The van der Waals surface area contributed by atoms with E-state index in [9.17, 15) is 0 Å². The standard InChI is InChI=1S/C6H9NO4/c8-3-5(7-11)1-2-6(10)4-9/h1-4,7-11H/b2-1+,5-3+,6-4+. The van der Waals surface area contributed by atoms with Crippen molar-refractivity contribution in [3.63, 3.8) is 0 Å². The monoisotopic (exact) mass is 159 g/mol. The van der Waals surface area contributed by atoms with E-state index in [1.54, 1.807) is 5.48 Å². The second-order valence-corrected chi connectivity index (χ2v) is 1.58. The molecule has 0 aromatic heterocycles. The van der Waals surface area contributed by atoms with Crippen LogP contribution in [0.3, 0.4) is 0 Å². The van der Waals surface area contributed by atoms with Crippen LogP contribution in [0.15, 0.2) is 36.1 Å². The summed E-state index contributed by atoms with van der Waals surface area (Å²) < 4.78 is 0. The molecule has 5 heteroatoms. The van der Waals surface area contributed by atoms with Crippen LogP contribution < -0.4 is 5.48 Å². The van der Waals surface area contributed by atoms with Crippen LogP contribution in [-0.2, 0) is 0 Å². The van der Waals surface area contributed by atoms with Crippen LogP contribution in [0.1, 0.15) is 0 Å². The molecule has 0 rings (SSSR count). The number of aliphatic hydroxyl groups is 3. The smallest absolute Gasteiger partial charge is 0.149 e. The lowest BCUT2D eigenvalue weighted by Crippen LogP contribution is -2.03. The van der Waals surface area contributed by atoms with Gasteiger partial charge in [-0.1, -0.05) is 0 Å². The van der Waals surface area contributed by atoms with Crippen molar-refractivity contribution in [3.8, 4) is 0 Å². The van der Waals surface area contributed by atoms with Gasteiger partial charge >= 0.3 is 0 Å². The summed E-state index contributed by atoms with van der Waals surface area (Å²) in [7, 11) is 0. The summed E-state index contributed by atoms with van der Waals surface area (Å²) in [5.74, 6) is -0.389. The molecule has 0 aromatic rings. The fourth-order valence-corrected chi connectivity index (χ4v) is 0.327. The predicted molar refractivity (Wildman–Crippen MR) is 38.1 cm³/mol. The highest BCUT2D eigenvalue weighted by molar-refractivity contribution is 5.19. The summed E-state index contributed by atoms with van der Waals surface area (Å²) in [6.45, 7) is 0. The minimum Gasteiger partial charge on any atom is -0.513 e. The highest BCUT2D eigenvalue weighted by atomic mass is 16.5. The molecular weight excluding hydrogens is 150 g/mol.